The highest BCUT2D eigenvalue weighted by molar-refractivity contribution is 8.01. The van der Waals surface area contributed by atoms with E-state index < -0.39 is 10.0 Å². The van der Waals surface area contributed by atoms with Crippen LogP contribution in [0.4, 0.5) is 0 Å². The Morgan fingerprint density at radius 2 is 1.73 bits per heavy atom. The van der Waals surface area contributed by atoms with E-state index in [9.17, 15) is 8.42 Å². The molecule has 1 saturated heterocycles. The van der Waals surface area contributed by atoms with Crippen LogP contribution in [-0.2, 0) is 10.0 Å². The van der Waals surface area contributed by atoms with Crippen LogP contribution in [0, 0.1) is 13.8 Å². The highest BCUT2D eigenvalue weighted by atomic mass is 32.2. The summed E-state index contributed by atoms with van der Waals surface area (Å²) in [5.41, 5.74) is 2.46. The summed E-state index contributed by atoms with van der Waals surface area (Å²) in [6.07, 6.45) is 0. The first kappa shape index (κ1) is 19.1. The Bertz CT molecular complexity index is 895. The van der Waals surface area contributed by atoms with Crippen LogP contribution in [0.2, 0.25) is 0 Å². The van der Waals surface area contributed by atoms with Crippen LogP contribution in [0.3, 0.4) is 0 Å². The van der Waals surface area contributed by atoms with Crippen LogP contribution < -0.4 is 9.47 Å². The van der Waals surface area contributed by atoms with Gasteiger partial charge in [-0.3, -0.25) is 0 Å². The number of thioether (sulfide) groups is 1. The smallest absolute Gasteiger partial charge is 0.244 e. The Balaban J connectivity index is 1.99. The molecule has 0 spiro atoms. The molecule has 2 aromatic rings. The largest absolute Gasteiger partial charge is 0.497 e. The predicted molar refractivity (Wildman–Crippen MR) is 105 cm³/mol. The lowest BCUT2D eigenvalue weighted by Crippen LogP contribution is -2.31. The SMILES string of the molecule is COc1ccc(C2SCCN2S(=O)(=O)c2cc(C)c(OC)cc2C)cc1. The Labute approximate surface area is 159 Å². The van der Waals surface area contributed by atoms with Crippen molar-refractivity contribution in [3.8, 4) is 11.5 Å². The molecular weight excluding hydrogens is 370 g/mol. The number of sulfonamides is 1. The molecule has 0 aliphatic carbocycles. The van der Waals surface area contributed by atoms with Crippen LogP contribution in [0.15, 0.2) is 41.3 Å². The maximum absolute atomic E-state index is 13.4. The number of methoxy groups -OCH3 is 2. The van der Waals surface area contributed by atoms with Gasteiger partial charge in [-0.25, -0.2) is 8.42 Å². The van der Waals surface area contributed by atoms with Crippen LogP contribution in [0.25, 0.3) is 0 Å². The van der Waals surface area contributed by atoms with Crippen molar-refractivity contribution in [1.29, 1.82) is 0 Å². The van der Waals surface area contributed by atoms with Gasteiger partial charge in [0.2, 0.25) is 10.0 Å². The summed E-state index contributed by atoms with van der Waals surface area (Å²) < 4.78 is 38.8. The van der Waals surface area contributed by atoms with Crippen molar-refractivity contribution in [2.24, 2.45) is 0 Å². The third-order valence-electron chi connectivity index (χ3n) is 4.53. The van der Waals surface area contributed by atoms with E-state index in [1.807, 2.05) is 31.2 Å². The van der Waals surface area contributed by atoms with Gasteiger partial charge in [0.25, 0.3) is 0 Å². The van der Waals surface area contributed by atoms with Gasteiger partial charge in [-0.05, 0) is 54.8 Å². The van der Waals surface area contributed by atoms with Crippen LogP contribution >= 0.6 is 11.8 Å². The molecule has 0 aromatic heterocycles. The number of aryl methyl sites for hydroxylation is 2. The van der Waals surface area contributed by atoms with Crippen molar-refractivity contribution < 1.29 is 17.9 Å². The Hall–Kier alpha value is -1.70. The Morgan fingerprint density at radius 1 is 1.04 bits per heavy atom. The number of hydrogen-bond acceptors (Lipinski definition) is 5. The maximum atomic E-state index is 13.4. The fraction of sp³-hybridized carbons (Fsp3) is 0.368. The highest BCUT2D eigenvalue weighted by Crippen LogP contribution is 2.42. The number of nitrogens with zero attached hydrogens (tertiary/aromatic N) is 1. The number of benzene rings is 2. The van der Waals surface area contributed by atoms with Gasteiger partial charge < -0.3 is 9.47 Å². The second-order valence-electron chi connectivity index (χ2n) is 6.20. The molecular formula is C19H23NO4S2. The summed E-state index contributed by atoms with van der Waals surface area (Å²) in [6.45, 7) is 4.16. The minimum Gasteiger partial charge on any atom is -0.497 e. The number of rotatable bonds is 5. The molecule has 0 bridgehead atoms. The Kier molecular flexibility index (Phi) is 5.50. The van der Waals surface area contributed by atoms with Gasteiger partial charge in [0, 0.05) is 12.3 Å². The second-order valence-corrected chi connectivity index (χ2v) is 9.25. The molecule has 7 heteroatoms. The topological polar surface area (TPSA) is 55.8 Å². The van der Waals surface area contributed by atoms with Crippen LogP contribution in [0.5, 0.6) is 11.5 Å². The van der Waals surface area contributed by atoms with Crippen LogP contribution in [0.1, 0.15) is 22.1 Å². The fourth-order valence-corrected chi connectivity index (χ4v) is 6.65. The van der Waals surface area contributed by atoms with E-state index in [1.165, 1.54) is 0 Å². The summed E-state index contributed by atoms with van der Waals surface area (Å²) in [5, 5.41) is -0.229. The van der Waals surface area contributed by atoms with E-state index in [2.05, 4.69) is 0 Å². The molecule has 0 saturated carbocycles. The summed E-state index contributed by atoms with van der Waals surface area (Å²) >= 11 is 1.64. The molecule has 26 heavy (non-hydrogen) atoms. The summed E-state index contributed by atoms with van der Waals surface area (Å²) in [5.74, 6) is 2.22. The van der Waals surface area contributed by atoms with Gasteiger partial charge in [-0.2, -0.15) is 4.31 Å². The van der Waals surface area contributed by atoms with Gasteiger partial charge in [-0.15, -0.1) is 11.8 Å². The standard InChI is InChI=1S/C19H23NO4S2/c1-13-12-18(14(2)11-17(13)24-4)26(21,22)20-9-10-25-19(20)15-5-7-16(23-3)8-6-15/h5-8,11-12,19H,9-10H2,1-4H3. The molecule has 1 unspecified atom stereocenters. The molecule has 1 atom stereocenters. The normalized spacial score (nSPS) is 18.1. The zero-order valence-electron chi connectivity index (χ0n) is 15.4. The van der Waals surface area contributed by atoms with Crippen molar-refractivity contribution >= 4 is 21.8 Å². The molecule has 3 rings (SSSR count). The monoisotopic (exact) mass is 393 g/mol. The van der Waals surface area contributed by atoms with Gasteiger partial charge in [0.15, 0.2) is 0 Å². The van der Waals surface area contributed by atoms with E-state index in [1.54, 1.807) is 49.3 Å². The van der Waals surface area contributed by atoms with Crippen LogP contribution in [-0.4, -0.2) is 39.2 Å². The lowest BCUT2D eigenvalue weighted by atomic mass is 10.1. The van der Waals surface area contributed by atoms with E-state index in [0.717, 1.165) is 22.6 Å². The number of hydrogen-bond donors (Lipinski definition) is 0. The molecule has 1 fully saturated rings. The first-order chi connectivity index (χ1) is 12.4. The van der Waals surface area contributed by atoms with E-state index in [0.29, 0.717) is 22.8 Å². The van der Waals surface area contributed by atoms with E-state index in [4.69, 9.17) is 9.47 Å². The van der Waals surface area contributed by atoms with Crippen molar-refractivity contribution in [3.05, 3.63) is 53.1 Å². The first-order valence-corrected chi connectivity index (χ1v) is 10.8. The molecule has 1 heterocycles. The predicted octanol–water partition coefficient (Wildman–Crippen LogP) is 3.76. The lowest BCUT2D eigenvalue weighted by Gasteiger charge is -2.25. The van der Waals surface area contributed by atoms with E-state index in [-0.39, 0.29) is 5.37 Å². The molecule has 2 aromatic carbocycles. The summed E-state index contributed by atoms with van der Waals surface area (Å²) in [4.78, 5) is 0.344. The lowest BCUT2D eigenvalue weighted by molar-refractivity contribution is 0.410. The molecule has 1 aliphatic heterocycles. The average Bonchev–Trinajstić information content (AvgIpc) is 3.14. The summed E-state index contributed by atoms with van der Waals surface area (Å²) in [7, 11) is -0.398. The fourth-order valence-electron chi connectivity index (χ4n) is 3.12. The summed E-state index contributed by atoms with van der Waals surface area (Å²) in [6, 6.07) is 11.1. The minimum absolute atomic E-state index is 0.229. The third-order valence-corrected chi connectivity index (χ3v) is 7.93. The third kappa shape index (κ3) is 3.43. The van der Waals surface area contributed by atoms with Crippen molar-refractivity contribution in [2.75, 3.05) is 26.5 Å². The molecule has 0 amide bonds. The molecule has 0 N–H and O–H groups in total. The average molecular weight is 394 g/mol. The molecule has 140 valence electrons. The maximum Gasteiger partial charge on any atom is 0.244 e. The first-order valence-electron chi connectivity index (χ1n) is 8.31. The molecule has 1 aliphatic rings. The quantitative estimate of drug-likeness (QED) is 0.774. The van der Waals surface area contributed by atoms with Gasteiger partial charge in [0.1, 0.15) is 11.5 Å². The molecule has 5 nitrogen and oxygen atoms in total. The zero-order valence-corrected chi connectivity index (χ0v) is 17.0. The highest BCUT2D eigenvalue weighted by Gasteiger charge is 2.37. The number of ether oxygens (including phenoxy) is 2. The minimum atomic E-state index is -3.60. The van der Waals surface area contributed by atoms with Gasteiger partial charge in [-0.1, -0.05) is 12.1 Å². The van der Waals surface area contributed by atoms with Crippen molar-refractivity contribution in [2.45, 2.75) is 24.1 Å². The second kappa shape index (κ2) is 7.50. The molecule has 0 radical (unpaired) electrons. The van der Waals surface area contributed by atoms with Crippen molar-refractivity contribution in [1.82, 2.24) is 4.31 Å². The van der Waals surface area contributed by atoms with Gasteiger partial charge >= 0.3 is 0 Å². The van der Waals surface area contributed by atoms with Gasteiger partial charge in [0.05, 0.1) is 24.5 Å². The Morgan fingerprint density at radius 3 is 2.35 bits per heavy atom. The van der Waals surface area contributed by atoms with Crippen molar-refractivity contribution in [3.63, 3.8) is 0 Å². The zero-order chi connectivity index (χ0) is 18.9. The van der Waals surface area contributed by atoms with E-state index >= 15 is 0 Å².